The Bertz CT molecular complexity index is 146. The van der Waals surface area contributed by atoms with Crippen molar-refractivity contribution in [1.29, 1.82) is 0 Å². The zero-order chi connectivity index (χ0) is 6.32. The Balaban J connectivity index is 2.23. The van der Waals surface area contributed by atoms with Gasteiger partial charge in [0.05, 0.1) is 0 Å². The molecule has 1 radical (unpaired) electrons. The van der Waals surface area contributed by atoms with Crippen LogP contribution < -0.4 is 0 Å². The first-order chi connectivity index (χ1) is 4.35. The summed E-state index contributed by atoms with van der Waals surface area (Å²) in [6.07, 6.45) is 10.1. The van der Waals surface area contributed by atoms with Gasteiger partial charge in [0.1, 0.15) is 0 Å². The van der Waals surface area contributed by atoms with Gasteiger partial charge in [-0.25, -0.2) is 0 Å². The molecule has 1 saturated carbocycles. The van der Waals surface area contributed by atoms with Crippen molar-refractivity contribution in [3.05, 3.63) is 19.1 Å². The van der Waals surface area contributed by atoms with Crippen molar-refractivity contribution in [2.45, 2.75) is 25.7 Å². The van der Waals surface area contributed by atoms with Gasteiger partial charge in [0.2, 0.25) is 0 Å². The lowest BCUT2D eigenvalue weighted by molar-refractivity contribution is 0.408. The van der Waals surface area contributed by atoms with Crippen LogP contribution in [0.2, 0.25) is 0 Å². The molecule has 49 valence electrons. The topological polar surface area (TPSA) is 0 Å². The van der Waals surface area contributed by atoms with E-state index < -0.39 is 0 Å². The van der Waals surface area contributed by atoms with Crippen LogP contribution in [0.15, 0.2) is 12.2 Å². The van der Waals surface area contributed by atoms with Crippen molar-refractivity contribution in [2.75, 3.05) is 0 Å². The van der Waals surface area contributed by atoms with Crippen LogP contribution in [0.4, 0.5) is 0 Å². The first kappa shape index (κ1) is 5.52. The van der Waals surface area contributed by atoms with Gasteiger partial charge < -0.3 is 0 Å². The third kappa shape index (κ3) is 0.654. The largest absolute Gasteiger partial charge is 0.0848 e. The summed E-state index contributed by atoms with van der Waals surface area (Å²) >= 11 is 0. The third-order valence-electron chi connectivity index (χ3n) is 2.90. The molecule has 0 spiro atoms. The SMILES string of the molecule is [CH2]CC12C=CC(CC1)C2. The summed E-state index contributed by atoms with van der Waals surface area (Å²) in [5, 5.41) is 0. The quantitative estimate of drug-likeness (QED) is 0.468. The molecule has 0 aliphatic heterocycles. The minimum atomic E-state index is 0.560. The van der Waals surface area contributed by atoms with E-state index in [9.17, 15) is 0 Å². The first-order valence-corrected chi connectivity index (χ1v) is 3.83. The van der Waals surface area contributed by atoms with Crippen LogP contribution >= 0.6 is 0 Å². The molecule has 2 atom stereocenters. The summed E-state index contributed by atoms with van der Waals surface area (Å²) in [5.41, 5.74) is 0.560. The van der Waals surface area contributed by atoms with Gasteiger partial charge in [-0.2, -0.15) is 0 Å². The second-order valence-corrected chi connectivity index (χ2v) is 3.47. The van der Waals surface area contributed by atoms with Crippen LogP contribution in [0.3, 0.4) is 0 Å². The summed E-state index contributed by atoms with van der Waals surface area (Å²) in [5.74, 6) is 0.923. The molecule has 1 fully saturated rings. The molecule has 2 bridgehead atoms. The highest BCUT2D eigenvalue weighted by atomic mass is 14.4. The molecular weight excluding hydrogens is 108 g/mol. The molecule has 0 amide bonds. The summed E-state index contributed by atoms with van der Waals surface area (Å²) in [7, 11) is 0. The van der Waals surface area contributed by atoms with Gasteiger partial charge in [0.15, 0.2) is 0 Å². The van der Waals surface area contributed by atoms with Crippen LogP contribution in [0.1, 0.15) is 25.7 Å². The number of hydrogen-bond acceptors (Lipinski definition) is 0. The molecule has 0 heteroatoms. The Morgan fingerprint density at radius 2 is 2.56 bits per heavy atom. The zero-order valence-electron chi connectivity index (χ0n) is 5.77. The number of hydrogen-bond donors (Lipinski definition) is 0. The lowest BCUT2D eigenvalue weighted by atomic mass is 9.85. The molecule has 0 heterocycles. The molecule has 2 unspecified atom stereocenters. The maximum atomic E-state index is 3.99. The summed E-state index contributed by atoms with van der Waals surface area (Å²) in [4.78, 5) is 0. The molecule has 2 aliphatic rings. The van der Waals surface area contributed by atoms with Gasteiger partial charge >= 0.3 is 0 Å². The van der Waals surface area contributed by atoms with E-state index in [1.165, 1.54) is 19.3 Å². The van der Waals surface area contributed by atoms with E-state index in [-0.39, 0.29) is 0 Å². The molecule has 0 N–H and O–H groups in total. The van der Waals surface area contributed by atoms with E-state index in [0.29, 0.717) is 5.41 Å². The molecule has 0 nitrogen and oxygen atoms in total. The fraction of sp³-hybridized carbons (Fsp3) is 0.667. The third-order valence-corrected chi connectivity index (χ3v) is 2.90. The average Bonchev–Trinajstić information content (AvgIpc) is 2.46. The standard InChI is InChI=1S/C9H13/c1-2-9-5-3-8(7-9)4-6-9/h3,5,8H,1-2,4,6-7H2. The van der Waals surface area contributed by atoms with E-state index in [4.69, 9.17) is 0 Å². The Morgan fingerprint density at radius 1 is 1.67 bits per heavy atom. The van der Waals surface area contributed by atoms with E-state index >= 15 is 0 Å². The van der Waals surface area contributed by atoms with Crippen LogP contribution in [0.5, 0.6) is 0 Å². The Hall–Kier alpha value is -0.260. The second-order valence-electron chi connectivity index (χ2n) is 3.47. The summed E-state index contributed by atoms with van der Waals surface area (Å²) in [6, 6.07) is 0. The lowest BCUT2D eigenvalue weighted by Crippen LogP contribution is -2.08. The van der Waals surface area contributed by atoms with Crippen LogP contribution in [0, 0.1) is 18.3 Å². The van der Waals surface area contributed by atoms with Gasteiger partial charge in [-0.1, -0.05) is 19.1 Å². The number of fused-ring (bicyclic) bond motifs is 2. The zero-order valence-corrected chi connectivity index (χ0v) is 5.77. The highest BCUT2D eigenvalue weighted by Gasteiger charge is 2.38. The normalized spacial score (nSPS) is 46.6. The Morgan fingerprint density at radius 3 is 2.78 bits per heavy atom. The first-order valence-electron chi connectivity index (χ1n) is 3.83. The van der Waals surface area contributed by atoms with Gasteiger partial charge in [-0.15, -0.1) is 0 Å². The molecule has 0 aromatic rings. The van der Waals surface area contributed by atoms with Crippen LogP contribution in [-0.2, 0) is 0 Å². The van der Waals surface area contributed by atoms with Gasteiger partial charge in [0, 0.05) is 0 Å². The van der Waals surface area contributed by atoms with E-state index in [0.717, 1.165) is 12.3 Å². The van der Waals surface area contributed by atoms with Crippen LogP contribution in [-0.4, -0.2) is 0 Å². The predicted octanol–water partition coefficient (Wildman–Crippen LogP) is 2.57. The lowest BCUT2D eigenvalue weighted by Gasteiger charge is -2.19. The van der Waals surface area contributed by atoms with E-state index in [2.05, 4.69) is 19.1 Å². The van der Waals surface area contributed by atoms with E-state index in [1.54, 1.807) is 0 Å². The van der Waals surface area contributed by atoms with Crippen molar-refractivity contribution < 1.29 is 0 Å². The highest BCUT2D eigenvalue weighted by molar-refractivity contribution is 5.15. The minimum absolute atomic E-state index is 0.560. The monoisotopic (exact) mass is 121 g/mol. The molecule has 9 heavy (non-hydrogen) atoms. The minimum Gasteiger partial charge on any atom is -0.0848 e. The number of allylic oxidation sites excluding steroid dienone is 2. The van der Waals surface area contributed by atoms with Crippen molar-refractivity contribution in [3.8, 4) is 0 Å². The van der Waals surface area contributed by atoms with Gasteiger partial charge in [0.25, 0.3) is 0 Å². The fourth-order valence-electron chi connectivity index (χ4n) is 2.17. The smallest absolute Gasteiger partial charge is 0.0112 e. The fourth-order valence-corrected chi connectivity index (χ4v) is 2.17. The number of rotatable bonds is 1. The van der Waals surface area contributed by atoms with Crippen molar-refractivity contribution in [1.82, 2.24) is 0 Å². The molecule has 2 rings (SSSR count). The van der Waals surface area contributed by atoms with Crippen molar-refractivity contribution in [3.63, 3.8) is 0 Å². The van der Waals surface area contributed by atoms with E-state index in [1.807, 2.05) is 0 Å². The Kier molecular flexibility index (Phi) is 0.992. The summed E-state index contributed by atoms with van der Waals surface area (Å²) in [6.45, 7) is 3.99. The van der Waals surface area contributed by atoms with Crippen molar-refractivity contribution in [2.24, 2.45) is 11.3 Å². The molecule has 0 saturated heterocycles. The van der Waals surface area contributed by atoms with Crippen molar-refractivity contribution >= 4 is 0 Å². The molecule has 0 aromatic heterocycles. The Labute approximate surface area is 57.0 Å². The van der Waals surface area contributed by atoms with Crippen LogP contribution in [0.25, 0.3) is 0 Å². The van der Waals surface area contributed by atoms with Gasteiger partial charge in [-0.05, 0) is 37.0 Å². The second kappa shape index (κ2) is 1.62. The maximum Gasteiger partial charge on any atom is -0.0112 e. The summed E-state index contributed by atoms with van der Waals surface area (Å²) < 4.78 is 0. The maximum absolute atomic E-state index is 3.99. The highest BCUT2D eigenvalue weighted by Crippen LogP contribution is 2.50. The average molecular weight is 121 g/mol. The molecular formula is C9H13. The van der Waals surface area contributed by atoms with Gasteiger partial charge in [-0.3, -0.25) is 0 Å². The molecule has 2 aliphatic carbocycles. The molecule has 0 aromatic carbocycles. The predicted molar refractivity (Wildman–Crippen MR) is 38.9 cm³/mol.